The average molecular weight is 513 g/mol. The van der Waals surface area contributed by atoms with Gasteiger partial charge in [-0.3, -0.25) is 23.5 Å². The van der Waals surface area contributed by atoms with Gasteiger partial charge in [-0.1, -0.05) is 24.3 Å². The number of nitrogens with two attached hydrogens (primary N) is 3. The lowest BCUT2D eigenvalue weighted by Gasteiger charge is -2.28. The topological polar surface area (TPSA) is 240 Å². The molecule has 2 aliphatic heterocycles. The first-order valence-corrected chi connectivity index (χ1v) is 12.5. The molecule has 0 radical (unpaired) electrons. The minimum Gasteiger partial charge on any atom is -0.370 e. The molecule has 4 atom stereocenters. The van der Waals surface area contributed by atoms with Gasteiger partial charge in [0.25, 0.3) is 0 Å². The predicted molar refractivity (Wildman–Crippen MR) is 128 cm³/mol. The van der Waals surface area contributed by atoms with Crippen molar-refractivity contribution in [3.8, 4) is 0 Å². The van der Waals surface area contributed by atoms with Gasteiger partial charge in [0.1, 0.15) is 6.04 Å². The summed E-state index contributed by atoms with van der Waals surface area (Å²) in [5, 5.41) is 6.24. The number of nitrogens with zero attached hydrogens (tertiary/aromatic N) is 1. The number of aliphatic imine (C=N–C) groups is 1. The van der Waals surface area contributed by atoms with Crippen LogP contribution < -0.4 is 27.8 Å². The lowest BCUT2D eigenvalue weighted by Crippen LogP contribution is -2.45. The maximum absolute atomic E-state index is 13.2. The van der Waals surface area contributed by atoms with Gasteiger partial charge in [0.05, 0.1) is 18.1 Å². The van der Waals surface area contributed by atoms with Crippen molar-refractivity contribution >= 4 is 33.7 Å². The number of nitrogens with one attached hydrogen (secondary N) is 2. The summed E-state index contributed by atoms with van der Waals surface area (Å²) in [6, 6.07) is 4.93. The highest BCUT2D eigenvalue weighted by Gasteiger charge is 2.34. The number of rotatable bonds is 9. The largest absolute Gasteiger partial charge is 0.394 e. The Hall–Kier alpha value is -2.75. The van der Waals surface area contributed by atoms with Crippen molar-refractivity contribution in [3.63, 3.8) is 0 Å². The molecule has 10 N–H and O–H groups in total. The zero-order valence-electron chi connectivity index (χ0n) is 19.1. The SMILES string of the molecule is NC(N)=NC(CC[C@H](N)C(=O)C(=O)[C@@H]1CCCN1)C(=O)C1NCCc2ccccc21.O=S(=O)(O)O. The highest BCUT2D eigenvalue weighted by atomic mass is 32.3. The molecular weight excluding hydrogens is 480 g/mol. The number of fused-ring (bicyclic) bond motifs is 1. The molecule has 2 heterocycles. The minimum absolute atomic E-state index is 0.138. The van der Waals surface area contributed by atoms with Crippen LogP contribution in [0.2, 0.25) is 0 Å². The third-order valence-corrected chi connectivity index (χ3v) is 5.73. The van der Waals surface area contributed by atoms with Crippen LogP contribution in [-0.2, 0) is 31.2 Å². The van der Waals surface area contributed by atoms with Crippen LogP contribution in [0.4, 0.5) is 0 Å². The summed E-state index contributed by atoms with van der Waals surface area (Å²) in [5.74, 6) is -1.50. The molecule has 2 unspecified atom stereocenters. The Kier molecular flexibility index (Phi) is 10.4. The van der Waals surface area contributed by atoms with E-state index in [2.05, 4.69) is 15.6 Å². The summed E-state index contributed by atoms with van der Waals surface area (Å²) in [4.78, 5) is 42.0. The predicted octanol–water partition coefficient (Wildman–Crippen LogP) is -1.57. The van der Waals surface area contributed by atoms with E-state index < -0.39 is 46.1 Å². The van der Waals surface area contributed by atoms with Crippen molar-refractivity contribution in [2.45, 2.75) is 56.3 Å². The Morgan fingerprint density at radius 2 is 1.74 bits per heavy atom. The number of carbonyl (C=O) groups excluding carboxylic acids is 3. The molecule has 0 bridgehead atoms. The van der Waals surface area contributed by atoms with Gasteiger partial charge in [0, 0.05) is 6.54 Å². The van der Waals surface area contributed by atoms with Gasteiger partial charge in [-0.15, -0.1) is 0 Å². The molecule has 0 aromatic heterocycles. The average Bonchev–Trinajstić information content (AvgIpc) is 3.33. The third kappa shape index (κ3) is 9.08. The van der Waals surface area contributed by atoms with E-state index in [0.29, 0.717) is 13.0 Å². The fourth-order valence-electron chi connectivity index (χ4n) is 4.13. The van der Waals surface area contributed by atoms with Crippen LogP contribution in [-0.4, -0.2) is 72.0 Å². The van der Waals surface area contributed by atoms with Crippen molar-refractivity contribution in [2.24, 2.45) is 22.2 Å². The Labute approximate surface area is 203 Å². The number of ketones is 3. The van der Waals surface area contributed by atoms with Crippen molar-refractivity contribution in [3.05, 3.63) is 35.4 Å². The molecule has 3 rings (SSSR count). The molecule has 13 nitrogen and oxygen atoms in total. The molecule has 1 aromatic rings. The van der Waals surface area contributed by atoms with Crippen LogP contribution in [0.3, 0.4) is 0 Å². The molecule has 35 heavy (non-hydrogen) atoms. The smallest absolute Gasteiger partial charge is 0.370 e. The van der Waals surface area contributed by atoms with E-state index in [-0.39, 0.29) is 24.6 Å². The van der Waals surface area contributed by atoms with E-state index in [4.69, 9.17) is 34.7 Å². The minimum atomic E-state index is -4.67. The zero-order chi connectivity index (χ0) is 26.2. The first kappa shape index (κ1) is 28.5. The molecule has 14 heteroatoms. The Morgan fingerprint density at radius 3 is 2.34 bits per heavy atom. The highest BCUT2D eigenvalue weighted by Crippen LogP contribution is 2.26. The molecule has 0 amide bonds. The number of hydrogen-bond acceptors (Lipinski definition) is 9. The number of benzene rings is 1. The fourth-order valence-corrected chi connectivity index (χ4v) is 4.13. The van der Waals surface area contributed by atoms with E-state index in [1.807, 2.05) is 24.3 Å². The van der Waals surface area contributed by atoms with Crippen molar-refractivity contribution in [1.82, 2.24) is 10.6 Å². The summed E-state index contributed by atoms with van der Waals surface area (Å²) in [7, 11) is -4.67. The van der Waals surface area contributed by atoms with E-state index in [1.165, 1.54) is 0 Å². The molecule has 0 spiro atoms. The van der Waals surface area contributed by atoms with Gasteiger partial charge >= 0.3 is 10.4 Å². The lowest BCUT2D eigenvalue weighted by molar-refractivity contribution is -0.138. The Morgan fingerprint density at radius 1 is 1.09 bits per heavy atom. The monoisotopic (exact) mass is 512 g/mol. The maximum atomic E-state index is 13.2. The van der Waals surface area contributed by atoms with Gasteiger partial charge in [0.15, 0.2) is 11.7 Å². The normalized spacial score (nSPS) is 21.0. The standard InChI is InChI=1S/C21H30N6O3.H2O4S/c22-14(18(28)20(30)15-6-3-10-25-15)7-8-16(27-21(23)24)19(29)17-13-5-2-1-4-12(13)9-11-26-17;1-5(2,3)4/h1-2,4-5,14-17,25-26H,3,6-11,22H2,(H4,23,24,27);(H2,1,2,3,4)/t14-,15-,16?,17?;/m0./s1. The molecule has 1 saturated heterocycles. The van der Waals surface area contributed by atoms with Crippen LogP contribution in [0, 0.1) is 0 Å². The summed E-state index contributed by atoms with van der Waals surface area (Å²) in [6.07, 6.45) is 2.65. The van der Waals surface area contributed by atoms with Crippen LogP contribution >= 0.6 is 0 Å². The highest BCUT2D eigenvalue weighted by molar-refractivity contribution is 7.79. The second kappa shape index (κ2) is 12.8. The number of guanidine groups is 1. The summed E-state index contributed by atoms with van der Waals surface area (Å²) < 4.78 is 31.6. The van der Waals surface area contributed by atoms with E-state index >= 15 is 0 Å². The van der Waals surface area contributed by atoms with Gasteiger partial charge in [0.2, 0.25) is 11.6 Å². The second-order valence-electron chi connectivity index (χ2n) is 8.32. The van der Waals surface area contributed by atoms with E-state index in [1.54, 1.807) is 0 Å². The van der Waals surface area contributed by atoms with E-state index in [0.717, 1.165) is 30.5 Å². The molecular formula is C21H32N6O7S. The molecule has 1 aromatic carbocycles. The van der Waals surface area contributed by atoms with Crippen molar-refractivity contribution in [2.75, 3.05) is 13.1 Å². The van der Waals surface area contributed by atoms with Gasteiger partial charge in [-0.25, -0.2) is 4.99 Å². The quantitative estimate of drug-likeness (QED) is 0.0859. The molecule has 0 aliphatic carbocycles. The fraction of sp³-hybridized carbons (Fsp3) is 0.524. The zero-order valence-corrected chi connectivity index (χ0v) is 19.9. The number of carbonyl (C=O) groups is 3. The first-order valence-electron chi connectivity index (χ1n) is 11.1. The summed E-state index contributed by atoms with van der Waals surface area (Å²) in [5.41, 5.74) is 19.1. The van der Waals surface area contributed by atoms with Crippen LogP contribution in [0.25, 0.3) is 0 Å². The van der Waals surface area contributed by atoms with Gasteiger partial charge in [-0.05, 0) is 49.8 Å². The van der Waals surface area contributed by atoms with Crippen molar-refractivity contribution in [1.29, 1.82) is 0 Å². The Bertz CT molecular complexity index is 1040. The Balaban J connectivity index is 0.000000784. The lowest BCUT2D eigenvalue weighted by atomic mass is 9.87. The molecule has 194 valence electrons. The maximum Gasteiger partial charge on any atom is 0.394 e. The van der Waals surface area contributed by atoms with E-state index in [9.17, 15) is 14.4 Å². The number of hydrogen-bond donors (Lipinski definition) is 7. The first-order chi connectivity index (χ1) is 16.4. The summed E-state index contributed by atoms with van der Waals surface area (Å²) >= 11 is 0. The molecule has 1 fully saturated rings. The van der Waals surface area contributed by atoms with Gasteiger partial charge in [-0.2, -0.15) is 8.42 Å². The van der Waals surface area contributed by atoms with Crippen LogP contribution in [0.15, 0.2) is 29.3 Å². The summed E-state index contributed by atoms with van der Waals surface area (Å²) in [6.45, 7) is 1.39. The van der Waals surface area contributed by atoms with Crippen LogP contribution in [0.1, 0.15) is 42.9 Å². The molecule has 0 saturated carbocycles. The van der Waals surface area contributed by atoms with Crippen molar-refractivity contribution < 1.29 is 31.9 Å². The number of Topliss-reactive ketones (excluding diaryl/α,β-unsaturated/α-hetero) is 3. The molecule has 2 aliphatic rings. The second-order valence-corrected chi connectivity index (χ2v) is 9.21. The third-order valence-electron chi connectivity index (χ3n) is 5.73. The van der Waals surface area contributed by atoms with Crippen LogP contribution in [0.5, 0.6) is 0 Å². The van der Waals surface area contributed by atoms with Gasteiger partial charge < -0.3 is 27.8 Å².